The molecule has 4 heterocycles. The summed E-state index contributed by atoms with van der Waals surface area (Å²) >= 11 is 0. The van der Waals surface area contributed by atoms with Crippen molar-refractivity contribution >= 4 is 23.6 Å². The molecule has 2 N–H and O–H groups in total. The molecule has 0 unspecified atom stereocenters. The molecule has 4 amide bonds. The Hall–Kier alpha value is -1.80. The number of piperidine rings is 2. The molecule has 8 heteroatoms. The number of rotatable bonds is 3. The highest BCUT2D eigenvalue weighted by atomic mass is 16.2. The normalized spacial score (nSPS) is 32.9. The average molecular weight is 362 g/mol. The second kappa shape index (κ2) is 7.08. The summed E-state index contributed by atoms with van der Waals surface area (Å²) < 4.78 is 0. The van der Waals surface area contributed by atoms with Crippen molar-refractivity contribution in [3.05, 3.63) is 0 Å². The third-order valence-corrected chi connectivity index (χ3v) is 6.58. The summed E-state index contributed by atoms with van der Waals surface area (Å²) in [7, 11) is 0. The first kappa shape index (κ1) is 17.6. The van der Waals surface area contributed by atoms with Gasteiger partial charge in [0.05, 0.1) is 24.9 Å². The van der Waals surface area contributed by atoms with E-state index in [1.807, 2.05) is 0 Å². The quantitative estimate of drug-likeness (QED) is 0.641. The lowest BCUT2D eigenvalue weighted by molar-refractivity contribution is -0.128. The number of nitrogens with zero attached hydrogens (tertiary/aromatic N) is 2. The molecule has 2 atom stereocenters. The van der Waals surface area contributed by atoms with Crippen LogP contribution in [0.3, 0.4) is 0 Å². The van der Waals surface area contributed by atoms with Crippen LogP contribution in [0.1, 0.15) is 38.5 Å². The molecule has 0 bridgehead atoms. The van der Waals surface area contributed by atoms with Crippen LogP contribution in [0.2, 0.25) is 0 Å². The first-order chi connectivity index (χ1) is 12.5. The molecule has 4 rings (SSSR count). The molecular weight excluding hydrogens is 336 g/mol. The van der Waals surface area contributed by atoms with Crippen LogP contribution in [0.15, 0.2) is 0 Å². The van der Waals surface area contributed by atoms with E-state index in [4.69, 9.17) is 0 Å². The van der Waals surface area contributed by atoms with Gasteiger partial charge >= 0.3 is 0 Å². The number of likely N-dealkylation sites (tertiary alicyclic amines) is 2. The molecule has 0 aromatic rings. The number of hydrogen-bond donors (Lipinski definition) is 2. The fraction of sp³-hybridized carbons (Fsp3) is 0.778. The van der Waals surface area contributed by atoms with E-state index in [1.54, 1.807) is 0 Å². The maximum absolute atomic E-state index is 11.8. The second-order valence-electron chi connectivity index (χ2n) is 8.01. The minimum absolute atomic E-state index is 0.147. The van der Waals surface area contributed by atoms with Gasteiger partial charge in [-0.1, -0.05) is 0 Å². The Kier molecular flexibility index (Phi) is 4.79. The van der Waals surface area contributed by atoms with Crippen LogP contribution < -0.4 is 10.6 Å². The van der Waals surface area contributed by atoms with Gasteiger partial charge in [-0.3, -0.25) is 39.6 Å². The van der Waals surface area contributed by atoms with Gasteiger partial charge in [0, 0.05) is 0 Å². The highest BCUT2D eigenvalue weighted by Gasteiger charge is 2.40. The standard InChI is InChI=1S/C18H26N4O4/c23-15-9-13(17(25)19-15)21-5-1-11(2-6-21)12-3-7-22(8-4-12)14-10-16(24)20-18(14)26/h11-14H,1-10H2,(H,19,23,25)(H,20,24,26)/t13-,14+. The molecule has 8 nitrogen and oxygen atoms in total. The molecule has 26 heavy (non-hydrogen) atoms. The van der Waals surface area contributed by atoms with Crippen molar-refractivity contribution in [3.63, 3.8) is 0 Å². The maximum Gasteiger partial charge on any atom is 0.244 e. The minimum atomic E-state index is -0.274. The van der Waals surface area contributed by atoms with Gasteiger partial charge in [0.1, 0.15) is 0 Å². The molecule has 4 fully saturated rings. The summed E-state index contributed by atoms with van der Waals surface area (Å²) in [6.45, 7) is 3.48. The first-order valence-corrected chi connectivity index (χ1v) is 9.67. The number of carbonyl (C=O) groups excluding carboxylic acids is 4. The predicted octanol–water partition coefficient (Wildman–Crippen LogP) is -0.759. The van der Waals surface area contributed by atoms with E-state index in [0.29, 0.717) is 24.7 Å². The van der Waals surface area contributed by atoms with Crippen molar-refractivity contribution in [2.45, 2.75) is 50.6 Å². The number of nitrogens with one attached hydrogen (secondary N) is 2. The highest BCUT2D eigenvalue weighted by molar-refractivity contribution is 6.06. The van der Waals surface area contributed by atoms with E-state index in [2.05, 4.69) is 20.4 Å². The summed E-state index contributed by atoms with van der Waals surface area (Å²) in [6, 6.07) is -0.549. The lowest BCUT2D eigenvalue weighted by atomic mass is 9.78. The third kappa shape index (κ3) is 3.40. The van der Waals surface area contributed by atoms with Crippen LogP contribution in [0, 0.1) is 11.8 Å². The number of amides is 4. The second-order valence-corrected chi connectivity index (χ2v) is 8.01. The zero-order valence-electron chi connectivity index (χ0n) is 14.9. The number of carbonyl (C=O) groups is 4. The predicted molar refractivity (Wildman–Crippen MR) is 91.7 cm³/mol. The fourth-order valence-corrected chi connectivity index (χ4v) is 5.07. The van der Waals surface area contributed by atoms with E-state index in [1.165, 1.54) is 0 Å². The molecule has 0 radical (unpaired) electrons. The van der Waals surface area contributed by atoms with Crippen LogP contribution in [0.25, 0.3) is 0 Å². The zero-order valence-corrected chi connectivity index (χ0v) is 14.9. The summed E-state index contributed by atoms with van der Waals surface area (Å²) in [5.74, 6) is 0.672. The Morgan fingerprint density at radius 3 is 1.23 bits per heavy atom. The zero-order chi connectivity index (χ0) is 18.3. The van der Waals surface area contributed by atoms with Crippen LogP contribution in [0.4, 0.5) is 0 Å². The van der Waals surface area contributed by atoms with Gasteiger partial charge in [-0.25, -0.2) is 0 Å². The van der Waals surface area contributed by atoms with Gasteiger partial charge in [0.2, 0.25) is 23.6 Å². The first-order valence-electron chi connectivity index (χ1n) is 9.67. The molecule has 4 aliphatic rings. The molecule has 4 aliphatic heterocycles. The van der Waals surface area contributed by atoms with E-state index < -0.39 is 0 Å². The van der Waals surface area contributed by atoms with Crippen molar-refractivity contribution in [1.82, 2.24) is 20.4 Å². The van der Waals surface area contributed by atoms with E-state index in [-0.39, 0.29) is 35.7 Å². The van der Waals surface area contributed by atoms with Crippen LogP contribution in [-0.4, -0.2) is 71.7 Å². The Bertz CT molecular complexity index is 567. The van der Waals surface area contributed by atoms with Crippen LogP contribution in [0.5, 0.6) is 0 Å². The summed E-state index contributed by atoms with van der Waals surface area (Å²) in [5, 5.41) is 4.79. The summed E-state index contributed by atoms with van der Waals surface area (Å²) in [4.78, 5) is 50.8. The molecule has 0 aromatic heterocycles. The van der Waals surface area contributed by atoms with Crippen molar-refractivity contribution in [1.29, 1.82) is 0 Å². The van der Waals surface area contributed by atoms with Crippen LogP contribution >= 0.6 is 0 Å². The number of hydrogen-bond acceptors (Lipinski definition) is 6. The van der Waals surface area contributed by atoms with Gasteiger partial charge < -0.3 is 0 Å². The van der Waals surface area contributed by atoms with Crippen molar-refractivity contribution in [2.24, 2.45) is 11.8 Å². The van der Waals surface area contributed by atoms with Gasteiger partial charge in [-0.05, 0) is 63.7 Å². The SMILES string of the molecule is O=C1C[C@@H](N2CCC(C3CCN([C@H]4CC(=O)NC4=O)CC3)CC2)C(=O)N1. The van der Waals surface area contributed by atoms with Gasteiger partial charge in [0.15, 0.2) is 0 Å². The minimum Gasteiger partial charge on any atom is -0.295 e. The molecule has 142 valence electrons. The largest absolute Gasteiger partial charge is 0.295 e. The molecule has 0 aliphatic carbocycles. The number of imide groups is 2. The molecule has 0 saturated carbocycles. The monoisotopic (exact) mass is 362 g/mol. The van der Waals surface area contributed by atoms with Crippen molar-refractivity contribution in [2.75, 3.05) is 26.2 Å². The summed E-state index contributed by atoms with van der Waals surface area (Å²) in [6.07, 6.45) is 4.83. The van der Waals surface area contributed by atoms with E-state index >= 15 is 0 Å². The van der Waals surface area contributed by atoms with Crippen LogP contribution in [-0.2, 0) is 19.2 Å². The summed E-state index contributed by atoms with van der Waals surface area (Å²) in [5.41, 5.74) is 0. The van der Waals surface area contributed by atoms with Crippen molar-refractivity contribution < 1.29 is 19.2 Å². The Morgan fingerprint density at radius 1 is 0.615 bits per heavy atom. The molecule has 4 saturated heterocycles. The Balaban J connectivity index is 1.25. The maximum atomic E-state index is 11.8. The third-order valence-electron chi connectivity index (χ3n) is 6.58. The Morgan fingerprint density at radius 2 is 0.962 bits per heavy atom. The van der Waals surface area contributed by atoms with Gasteiger partial charge in [-0.2, -0.15) is 0 Å². The molecule has 0 aromatic carbocycles. The van der Waals surface area contributed by atoms with Gasteiger partial charge in [-0.15, -0.1) is 0 Å². The lowest BCUT2D eigenvalue weighted by Crippen LogP contribution is -2.48. The molecule has 0 spiro atoms. The Labute approximate surface area is 152 Å². The van der Waals surface area contributed by atoms with E-state index in [0.717, 1.165) is 51.9 Å². The lowest BCUT2D eigenvalue weighted by Gasteiger charge is -2.42. The smallest absolute Gasteiger partial charge is 0.244 e. The van der Waals surface area contributed by atoms with E-state index in [9.17, 15) is 19.2 Å². The average Bonchev–Trinajstić information content (AvgIpc) is 3.15. The fourth-order valence-electron chi connectivity index (χ4n) is 5.07. The highest BCUT2D eigenvalue weighted by Crippen LogP contribution is 2.34. The molecular formula is C18H26N4O4. The van der Waals surface area contributed by atoms with Gasteiger partial charge in [0.25, 0.3) is 0 Å². The topological polar surface area (TPSA) is 98.8 Å². The van der Waals surface area contributed by atoms with Crippen molar-refractivity contribution in [3.8, 4) is 0 Å².